The van der Waals surface area contributed by atoms with Crippen molar-refractivity contribution < 1.29 is 4.74 Å². The standard InChI is InChI=1S/C12H22N2OS/c1-4-12(5-2)8-16-11(14-12)13-10-6-7-15-9(10)3/h9-10H,4-8H2,1-3H3,(H,13,14). The summed E-state index contributed by atoms with van der Waals surface area (Å²) in [6, 6.07) is 0.361. The summed E-state index contributed by atoms with van der Waals surface area (Å²) in [6.45, 7) is 7.48. The Bertz CT molecular complexity index is 276. The number of aliphatic imine (C=N–C) groups is 1. The predicted molar refractivity (Wildman–Crippen MR) is 70.2 cm³/mol. The van der Waals surface area contributed by atoms with Gasteiger partial charge in [-0.2, -0.15) is 0 Å². The fourth-order valence-corrected chi connectivity index (χ4v) is 3.64. The predicted octanol–water partition coefficient (Wildman–Crippen LogP) is 2.42. The van der Waals surface area contributed by atoms with Gasteiger partial charge in [0.05, 0.1) is 12.1 Å². The van der Waals surface area contributed by atoms with Crippen molar-refractivity contribution in [3.05, 3.63) is 0 Å². The van der Waals surface area contributed by atoms with Crippen LogP contribution in [0.5, 0.6) is 0 Å². The average Bonchev–Trinajstić information content (AvgIpc) is 2.88. The van der Waals surface area contributed by atoms with Crippen LogP contribution >= 0.6 is 11.8 Å². The molecule has 2 fully saturated rings. The molecule has 0 aromatic rings. The lowest BCUT2D eigenvalue weighted by Gasteiger charge is -2.25. The van der Waals surface area contributed by atoms with Gasteiger partial charge in [-0.25, -0.2) is 0 Å². The van der Waals surface area contributed by atoms with Crippen LogP contribution in [0.25, 0.3) is 0 Å². The van der Waals surface area contributed by atoms with Crippen LogP contribution in [0.1, 0.15) is 40.0 Å². The molecule has 2 unspecified atom stereocenters. The van der Waals surface area contributed by atoms with Crippen LogP contribution in [0.4, 0.5) is 0 Å². The van der Waals surface area contributed by atoms with Crippen molar-refractivity contribution in [1.82, 2.24) is 5.32 Å². The Labute approximate surface area is 102 Å². The molecule has 0 radical (unpaired) electrons. The SMILES string of the molecule is CCC1(CC)CSC(=NC2CCOC2C)N1. The minimum absolute atomic E-state index is 0.284. The Morgan fingerprint density at radius 3 is 2.75 bits per heavy atom. The topological polar surface area (TPSA) is 33.6 Å². The molecule has 0 bridgehead atoms. The van der Waals surface area contributed by atoms with Crippen molar-refractivity contribution in [2.24, 2.45) is 4.99 Å². The molecule has 1 N–H and O–H groups in total. The van der Waals surface area contributed by atoms with E-state index in [1.54, 1.807) is 0 Å². The van der Waals surface area contributed by atoms with Crippen molar-refractivity contribution in [3.63, 3.8) is 0 Å². The first-order valence-corrected chi connectivity index (χ1v) is 7.28. The highest BCUT2D eigenvalue weighted by molar-refractivity contribution is 8.14. The summed E-state index contributed by atoms with van der Waals surface area (Å²) in [4.78, 5) is 4.79. The highest BCUT2D eigenvalue weighted by Gasteiger charge is 2.35. The van der Waals surface area contributed by atoms with Crippen LogP contribution in [0.3, 0.4) is 0 Å². The molecule has 0 aromatic carbocycles. The number of rotatable bonds is 3. The molecular formula is C12H22N2OS. The Morgan fingerprint density at radius 1 is 1.50 bits per heavy atom. The normalized spacial score (nSPS) is 35.6. The molecule has 92 valence electrons. The number of nitrogens with zero attached hydrogens (tertiary/aromatic N) is 1. The number of thioether (sulfide) groups is 1. The largest absolute Gasteiger partial charge is 0.376 e. The maximum Gasteiger partial charge on any atom is 0.157 e. The van der Waals surface area contributed by atoms with Crippen molar-refractivity contribution in [3.8, 4) is 0 Å². The zero-order valence-electron chi connectivity index (χ0n) is 10.5. The summed E-state index contributed by atoms with van der Waals surface area (Å²) < 4.78 is 5.54. The minimum atomic E-state index is 0.284. The van der Waals surface area contributed by atoms with E-state index in [-0.39, 0.29) is 11.6 Å². The zero-order valence-corrected chi connectivity index (χ0v) is 11.3. The third-order valence-electron chi connectivity index (χ3n) is 3.83. The molecule has 2 atom stereocenters. The summed E-state index contributed by atoms with van der Waals surface area (Å²) in [5.74, 6) is 1.15. The Balaban J connectivity index is 1.99. The fourth-order valence-electron chi connectivity index (χ4n) is 2.25. The van der Waals surface area contributed by atoms with Crippen LogP contribution in [-0.2, 0) is 4.74 Å². The first-order chi connectivity index (χ1) is 7.69. The lowest BCUT2D eigenvalue weighted by molar-refractivity contribution is 0.119. The Hall–Kier alpha value is -0.220. The molecule has 0 spiro atoms. The van der Waals surface area contributed by atoms with Crippen molar-refractivity contribution in [2.75, 3.05) is 12.4 Å². The van der Waals surface area contributed by atoms with Crippen LogP contribution in [0.15, 0.2) is 4.99 Å². The van der Waals surface area contributed by atoms with E-state index in [4.69, 9.17) is 9.73 Å². The van der Waals surface area contributed by atoms with Crippen molar-refractivity contribution in [2.45, 2.75) is 57.7 Å². The smallest absolute Gasteiger partial charge is 0.157 e. The molecular weight excluding hydrogens is 220 g/mol. The van der Waals surface area contributed by atoms with Gasteiger partial charge < -0.3 is 10.1 Å². The van der Waals surface area contributed by atoms with Gasteiger partial charge in [0.2, 0.25) is 0 Å². The first-order valence-electron chi connectivity index (χ1n) is 6.29. The number of ether oxygens (including phenoxy) is 1. The number of nitrogens with one attached hydrogen (secondary N) is 1. The second-order valence-corrected chi connectivity index (χ2v) is 5.73. The fraction of sp³-hybridized carbons (Fsp3) is 0.917. The van der Waals surface area contributed by atoms with Gasteiger partial charge in [-0.15, -0.1) is 0 Å². The molecule has 2 aliphatic rings. The number of hydrogen-bond acceptors (Lipinski definition) is 3. The van der Waals surface area contributed by atoms with Gasteiger partial charge in [0.15, 0.2) is 5.17 Å². The molecule has 2 heterocycles. The van der Waals surface area contributed by atoms with Crippen LogP contribution < -0.4 is 5.32 Å². The van der Waals surface area contributed by atoms with Crippen LogP contribution in [0.2, 0.25) is 0 Å². The van der Waals surface area contributed by atoms with Gasteiger partial charge in [-0.05, 0) is 26.2 Å². The highest BCUT2D eigenvalue weighted by atomic mass is 32.2. The maximum absolute atomic E-state index is 5.54. The second kappa shape index (κ2) is 4.96. The third kappa shape index (κ3) is 2.38. The van der Waals surface area contributed by atoms with E-state index in [9.17, 15) is 0 Å². The summed E-state index contributed by atoms with van der Waals surface area (Å²) in [7, 11) is 0. The average molecular weight is 242 g/mol. The first kappa shape index (κ1) is 12.2. The number of hydrogen-bond donors (Lipinski definition) is 1. The van der Waals surface area contributed by atoms with Crippen LogP contribution in [-0.4, -0.2) is 35.2 Å². The molecule has 0 saturated carbocycles. The van der Waals surface area contributed by atoms with E-state index < -0.39 is 0 Å². The van der Waals surface area contributed by atoms with E-state index in [0.29, 0.717) is 6.04 Å². The maximum atomic E-state index is 5.54. The monoisotopic (exact) mass is 242 g/mol. The lowest BCUT2D eigenvalue weighted by atomic mass is 9.96. The molecule has 2 rings (SSSR count). The summed E-state index contributed by atoms with van der Waals surface area (Å²) >= 11 is 1.87. The Morgan fingerprint density at radius 2 is 2.25 bits per heavy atom. The molecule has 2 aliphatic heterocycles. The highest BCUT2D eigenvalue weighted by Crippen LogP contribution is 2.30. The minimum Gasteiger partial charge on any atom is -0.376 e. The quantitative estimate of drug-likeness (QED) is 0.825. The molecule has 0 aromatic heterocycles. The van der Waals surface area contributed by atoms with Gasteiger partial charge in [0, 0.05) is 17.9 Å². The second-order valence-electron chi connectivity index (χ2n) is 4.77. The molecule has 4 heteroatoms. The zero-order chi connectivity index (χ0) is 11.6. The molecule has 3 nitrogen and oxygen atoms in total. The van der Waals surface area contributed by atoms with Crippen molar-refractivity contribution in [1.29, 1.82) is 0 Å². The molecule has 2 saturated heterocycles. The molecule has 16 heavy (non-hydrogen) atoms. The summed E-state index contributed by atoms with van der Waals surface area (Å²) in [5, 5.41) is 4.74. The number of amidine groups is 1. The van der Waals surface area contributed by atoms with E-state index in [2.05, 4.69) is 26.1 Å². The summed E-state index contributed by atoms with van der Waals surface area (Å²) in [5.41, 5.74) is 0.284. The third-order valence-corrected chi connectivity index (χ3v) is 5.01. The van der Waals surface area contributed by atoms with E-state index in [1.165, 1.54) is 12.8 Å². The lowest BCUT2D eigenvalue weighted by Crippen LogP contribution is -2.42. The summed E-state index contributed by atoms with van der Waals surface area (Å²) in [6.07, 6.45) is 3.70. The van der Waals surface area contributed by atoms with Gasteiger partial charge >= 0.3 is 0 Å². The van der Waals surface area contributed by atoms with Gasteiger partial charge in [-0.3, -0.25) is 4.99 Å². The molecule has 0 aliphatic carbocycles. The Kier molecular flexibility index (Phi) is 3.80. The van der Waals surface area contributed by atoms with Gasteiger partial charge in [-0.1, -0.05) is 25.6 Å². The van der Waals surface area contributed by atoms with Crippen molar-refractivity contribution >= 4 is 16.9 Å². The van der Waals surface area contributed by atoms with E-state index in [0.717, 1.165) is 23.9 Å². The van der Waals surface area contributed by atoms with Crippen LogP contribution in [0, 0.1) is 0 Å². The van der Waals surface area contributed by atoms with Gasteiger partial charge in [0.1, 0.15) is 0 Å². The van der Waals surface area contributed by atoms with Gasteiger partial charge in [0.25, 0.3) is 0 Å². The molecule has 0 amide bonds. The van der Waals surface area contributed by atoms with E-state index in [1.807, 2.05) is 11.8 Å². The van der Waals surface area contributed by atoms with E-state index >= 15 is 0 Å².